The summed E-state index contributed by atoms with van der Waals surface area (Å²) in [7, 11) is 2.30. The van der Waals surface area contributed by atoms with Crippen molar-refractivity contribution >= 4 is 92.3 Å². The van der Waals surface area contributed by atoms with Crippen LogP contribution in [0.25, 0.3) is 10.8 Å². The first-order valence-electron chi connectivity index (χ1n) is 6.02. The van der Waals surface area contributed by atoms with E-state index in [0.717, 1.165) is 14.2 Å². The summed E-state index contributed by atoms with van der Waals surface area (Å²) in [6.07, 6.45) is 0. The third-order valence-electron chi connectivity index (χ3n) is 3.17. The molecular weight excluding hydrogens is 445 g/mol. The van der Waals surface area contributed by atoms with Crippen LogP contribution in [-0.2, 0) is 9.47 Å². The van der Waals surface area contributed by atoms with E-state index in [9.17, 15) is 9.59 Å². The molecular formula is C14H6Cl6O4. The van der Waals surface area contributed by atoms with Gasteiger partial charge in [0, 0.05) is 10.8 Å². The Kier molecular flexibility index (Phi) is 6.01. The summed E-state index contributed by atoms with van der Waals surface area (Å²) >= 11 is 37.2. The Balaban J connectivity index is 3.13. The smallest absolute Gasteiger partial charge is 0.340 e. The lowest BCUT2D eigenvalue weighted by Crippen LogP contribution is -2.07. The first kappa shape index (κ1) is 19.7. The molecule has 0 aliphatic carbocycles. The maximum atomic E-state index is 11.9. The summed E-state index contributed by atoms with van der Waals surface area (Å²) in [5.74, 6) is -1.65. The highest BCUT2D eigenvalue weighted by atomic mass is 35.5. The summed E-state index contributed by atoms with van der Waals surface area (Å²) in [6.45, 7) is 0. The third-order valence-corrected chi connectivity index (χ3v) is 5.63. The molecule has 0 N–H and O–H groups in total. The van der Waals surface area contributed by atoms with Crippen LogP contribution >= 0.6 is 69.6 Å². The number of esters is 2. The van der Waals surface area contributed by atoms with Gasteiger partial charge in [-0.3, -0.25) is 0 Å². The highest BCUT2D eigenvalue weighted by molar-refractivity contribution is 6.57. The summed E-state index contributed by atoms with van der Waals surface area (Å²) in [5, 5.41) is -0.843. The maximum absolute atomic E-state index is 11.9. The molecule has 2 aromatic rings. The molecule has 0 bridgehead atoms. The summed E-state index contributed by atoms with van der Waals surface area (Å²) in [6, 6.07) is 0. The Bertz CT molecular complexity index is 820. The molecule has 0 aliphatic heterocycles. The van der Waals surface area contributed by atoms with E-state index in [2.05, 4.69) is 9.47 Å². The molecule has 0 aliphatic rings. The Morgan fingerprint density at radius 2 is 0.875 bits per heavy atom. The van der Waals surface area contributed by atoms with Gasteiger partial charge in [-0.05, 0) is 0 Å². The molecule has 0 saturated heterocycles. The SMILES string of the molecule is COC(=O)c1c(Cl)c(Cl)c2c(Cl)c(C(=O)OC)c(Cl)c(Cl)c2c1Cl. The molecule has 0 fully saturated rings. The molecule has 0 heterocycles. The second-order valence-electron chi connectivity index (χ2n) is 4.37. The van der Waals surface area contributed by atoms with Crippen LogP contribution in [0, 0.1) is 0 Å². The second-order valence-corrected chi connectivity index (χ2v) is 6.63. The average molecular weight is 451 g/mol. The molecule has 0 unspecified atom stereocenters. The number of methoxy groups -OCH3 is 2. The quantitative estimate of drug-likeness (QED) is 0.396. The van der Waals surface area contributed by atoms with Crippen molar-refractivity contribution in [2.24, 2.45) is 0 Å². The predicted octanol–water partition coefficient (Wildman–Crippen LogP) is 6.33. The van der Waals surface area contributed by atoms with Gasteiger partial charge in [0.05, 0.1) is 55.5 Å². The van der Waals surface area contributed by atoms with Crippen molar-refractivity contribution in [1.29, 1.82) is 0 Å². The molecule has 24 heavy (non-hydrogen) atoms. The van der Waals surface area contributed by atoms with Crippen molar-refractivity contribution < 1.29 is 19.1 Å². The Labute approximate surface area is 166 Å². The van der Waals surface area contributed by atoms with Crippen LogP contribution in [0.1, 0.15) is 20.7 Å². The number of ether oxygens (including phenoxy) is 2. The van der Waals surface area contributed by atoms with E-state index < -0.39 is 11.9 Å². The molecule has 10 heteroatoms. The zero-order chi connectivity index (χ0) is 18.3. The summed E-state index contributed by atoms with van der Waals surface area (Å²) < 4.78 is 9.26. The minimum atomic E-state index is -0.825. The van der Waals surface area contributed by atoms with Gasteiger partial charge in [-0.1, -0.05) is 69.6 Å². The number of rotatable bonds is 2. The zero-order valence-electron chi connectivity index (χ0n) is 11.9. The van der Waals surface area contributed by atoms with E-state index in [1.54, 1.807) is 0 Å². The van der Waals surface area contributed by atoms with Crippen molar-refractivity contribution in [1.82, 2.24) is 0 Å². The molecule has 0 saturated carbocycles. The Morgan fingerprint density at radius 1 is 0.583 bits per heavy atom. The Morgan fingerprint density at radius 3 is 1.12 bits per heavy atom. The van der Waals surface area contributed by atoms with E-state index in [1.165, 1.54) is 0 Å². The molecule has 2 aromatic carbocycles. The van der Waals surface area contributed by atoms with Crippen molar-refractivity contribution in [3.05, 3.63) is 41.3 Å². The lowest BCUT2D eigenvalue weighted by atomic mass is 10.0. The van der Waals surface area contributed by atoms with Crippen LogP contribution in [0.3, 0.4) is 0 Å². The molecule has 128 valence electrons. The van der Waals surface area contributed by atoms with E-state index >= 15 is 0 Å². The molecule has 0 spiro atoms. The van der Waals surface area contributed by atoms with Crippen molar-refractivity contribution in [3.63, 3.8) is 0 Å². The summed E-state index contributed by atoms with van der Waals surface area (Å²) in [4.78, 5) is 23.8. The molecule has 0 radical (unpaired) electrons. The number of hydrogen-bond acceptors (Lipinski definition) is 4. The first-order valence-corrected chi connectivity index (χ1v) is 8.28. The fourth-order valence-corrected chi connectivity index (χ4v) is 4.09. The highest BCUT2D eigenvalue weighted by Crippen LogP contribution is 2.49. The molecule has 2 rings (SSSR count). The van der Waals surface area contributed by atoms with Crippen molar-refractivity contribution in [2.75, 3.05) is 14.2 Å². The second kappa shape index (κ2) is 7.32. The number of halogens is 6. The largest absolute Gasteiger partial charge is 0.465 e. The zero-order valence-corrected chi connectivity index (χ0v) is 16.4. The lowest BCUT2D eigenvalue weighted by Gasteiger charge is -2.17. The topological polar surface area (TPSA) is 52.6 Å². The van der Waals surface area contributed by atoms with Gasteiger partial charge in [0.15, 0.2) is 0 Å². The maximum Gasteiger partial charge on any atom is 0.340 e. The monoisotopic (exact) mass is 448 g/mol. The molecule has 0 aromatic heterocycles. The number of fused-ring (bicyclic) bond motifs is 1. The van der Waals surface area contributed by atoms with Crippen LogP contribution in [0.2, 0.25) is 30.1 Å². The number of carbonyl (C=O) groups excluding carboxylic acids is 2. The van der Waals surface area contributed by atoms with E-state index in [4.69, 9.17) is 69.6 Å². The van der Waals surface area contributed by atoms with Crippen LogP contribution in [0.5, 0.6) is 0 Å². The van der Waals surface area contributed by atoms with E-state index in [0.29, 0.717) is 0 Å². The van der Waals surface area contributed by atoms with Crippen LogP contribution in [0.15, 0.2) is 0 Å². The molecule has 0 atom stereocenters. The number of hydrogen-bond donors (Lipinski definition) is 0. The normalized spacial score (nSPS) is 10.8. The van der Waals surface area contributed by atoms with E-state index in [1.807, 2.05) is 0 Å². The summed E-state index contributed by atoms with van der Waals surface area (Å²) in [5.41, 5.74) is -0.392. The molecule has 4 nitrogen and oxygen atoms in total. The van der Waals surface area contributed by atoms with Gasteiger partial charge in [0.25, 0.3) is 0 Å². The standard InChI is InChI=1S/C14H6Cl6O4/c1-23-13(21)5-7(15)3-4(9(17)11(5)19)8(16)6(14(22)24-2)12(20)10(3)18/h1-2H3. The van der Waals surface area contributed by atoms with Crippen LogP contribution in [-0.4, -0.2) is 26.2 Å². The average Bonchev–Trinajstić information content (AvgIpc) is 2.55. The predicted molar refractivity (Wildman–Crippen MR) is 96.7 cm³/mol. The Hall–Kier alpha value is -0.620. The van der Waals surface area contributed by atoms with Crippen molar-refractivity contribution in [2.45, 2.75) is 0 Å². The minimum absolute atomic E-state index is 0.0655. The fraction of sp³-hybridized carbons (Fsp3) is 0.143. The lowest BCUT2D eigenvalue weighted by molar-refractivity contribution is 0.0592. The molecule has 0 amide bonds. The van der Waals surface area contributed by atoms with Crippen LogP contribution < -0.4 is 0 Å². The van der Waals surface area contributed by atoms with Gasteiger partial charge >= 0.3 is 11.9 Å². The number of carbonyl (C=O) groups is 2. The number of benzene rings is 2. The van der Waals surface area contributed by atoms with E-state index in [-0.39, 0.29) is 52.0 Å². The van der Waals surface area contributed by atoms with Gasteiger partial charge in [0.2, 0.25) is 0 Å². The van der Waals surface area contributed by atoms with Gasteiger partial charge < -0.3 is 9.47 Å². The fourth-order valence-electron chi connectivity index (χ4n) is 2.08. The highest BCUT2D eigenvalue weighted by Gasteiger charge is 2.30. The first-order chi connectivity index (χ1) is 11.2. The minimum Gasteiger partial charge on any atom is -0.465 e. The van der Waals surface area contributed by atoms with Crippen molar-refractivity contribution in [3.8, 4) is 0 Å². The van der Waals surface area contributed by atoms with Gasteiger partial charge in [0.1, 0.15) is 0 Å². The van der Waals surface area contributed by atoms with Crippen LogP contribution in [0.4, 0.5) is 0 Å². The van der Waals surface area contributed by atoms with Gasteiger partial charge in [-0.2, -0.15) is 0 Å². The van der Waals surface area contributed by atoms with Gasteiger partial charge in [-0.15, -0.1) is 0 Å². The third kappa shape index (κ3) is 2.90. The van der Waals surface area contributed by atoms with Gasteiger partial charge in [-0.25, -0.2) is 9.59 Å².